The van der Waals surface area contributed by atoms with Gasteiger partial charge in [0, 0.05) is 87.7 Å². The molecule has 3 saturated heterocycles. The number of rotatable bonds is 38. The summed E-state index contributed by atoms with van der Waals surface area (Å²) in [6.45, 7) is -1.96. The Labute approximate surface area is 876 Å². The molecule has 3 heterocycles. The molecule has 0 aliphatic carbocycles. The number of amides is 22. The zero-order valence-corrected chi connectivity index (χ0v) is 84.9. The summed E-state index contributed by atoms with van der Waals surface area (Å²) in [5.74, 6) is -27.6. The Morgan fingerprint density at radius 3 is 0.947 bits per heavy atom. The third kappa shape index (κ3) is 42.5. The van der Waals surface area contributed by atoms with Crippen LogP contribution in [0.2, 0.25) is 0 Å². The quantitative estimate of drug-likeness (QED) is 0.00857. The van der Waals surface area contributed by atoms with E-state index < -0.39 is 302 Å². The molecule has 3 aliphatic rings. The summed E-state index contributed by atoms with van der Waals surface area (Å²) in [7, 11) is 3.16. The van der Waals surface area contributed by atoms with Crippen LogP contribution in [0.15, 0.2) is 109 Å². The summed E-state index contributed by atoms with van der Waals surface area (Å²) in [6.07, 6.45) is -6.87. The minimum atomic E-state index is -2.18. The van der Waals surface area contributed by atoms with E-state index >= 15 is 47.9 Å². The van der Waals surface area contributed by atoms with Crippen molar-refractivity contribution >= 4 is 185 Å². The van der Waals surface area contributed by atoms with E-state index in [0.29, 0.717) is 43.8 Å². The standard InChI is InChI=1S/C92H130N30O24S4/c93-53-43-147-148-44-54(94)76(132)114-60(38-50-21-25-52(124)26-22-50)84(140)116-62(36-48-13-5-2-6-14-48)82(138)110-58(28-30-70(96)126)80(136)118-64(40-72(98)128)86(142)120-66(90(146)122-34-10-18-68(122)88(144)112-56(16-8-32-106-92(103)104)78(134)108-42-74(100)130)46-150-149-45-65(89(145)121-33-9-17-67(121)87(143)111-55(15-7-31-105-91(101)102)77(133)107-41-73(99)129)119-85(141)63(39-71(97)127)117-79(135)57(27-29-69(95)125)109-81(137)61(35-47-11-3-1-4-12-47)115-83(139)59(113-75(53)131)37-49-19-23-51(123)24-20-49/h1-6,11-14,19-26,53-68,123-124H,7-10,15-18,27-46,93-94H2,(H2,95,125)(H2,96,126)(H2,97,127)(H2,98,128)(H2,99,129)(H2,100,130)(H,107,133)(H,108,134)(H,109,137)(H,110,138)(H,111,143)(H,112,144)(H,113,131)(H,114,132)(H,115,139)(H,116,140)(H,117,135)(H,118,136)(H,119,141)(H,120,142)(H4,101,102,105)(H4,103,104,106). The second kappa shape index (κ2) is 62.1. The van der Waals surface area contributed by atoms with Gasteiger partial charge in [-0.15, -0.1) is 0 Å². The Hall–Kier alpha value is -15.3. The Morgan fingerprint density at radius 2 is 0.640 bits per heavy atom. The van der Waals surface area contributed by atoms with Gasteiger partial charge in [0.25, 0.3) is 0 Å². The highest BCUT2D eigenvalue weighted by Crippen LogP contribution is 2.30. The van der Waals surface area contributed by atoms with E-state index in [1.165, 1.54) is 48.5 Å². The van der Waals surface area contributed by atoms with Gasteiger partial charge in [0.1, 0.15) is 96.1 Å². The molecule has 3 fully saturated rings. The van der Waals surface area contributed by atoms with E-state index in [-0.39, 0.29) is 126 Å². The number of guanidine groups is 2. The molecule has 3 aliphatic heterocycles. The predicted molar refractivity (Wildman–Crippen MR) is 550 cm³/mol. The first-order chi connectivity index (χ1) is 71.2. The highest BCUT2D eigenvalue weighted by atomic mass is 33.1. The van der Waals surface area contributed by atoms with Gasteiger partial charge in [-0.3, -0.25) is 116 Å². The predicted octanol–water partition coefficient (Wildman–Crippen LogP) is -10.4. The second-order valence-corrected chi connectivity index (χ2v) is 40.4. The van der Waals surface area contributed by atoms with E-state index in [1.807, 2.05) is 0 Å². The summed E-state index contributed by atoms with van der Waals surface area (Å²) in [5, 5.41) is 75.8. The highest BCUT2D eigenvalue weighted by molar-refractivity contribution is 8.77. The molecule has 0 radical (unpaired) electrons. The number of hydrogen-bond donors (Lipinski definition) is 30. The molecular weight excluding hydrogens is 2040 g/mol. The number of primary amides is 6. The molecule has 7 rings (SSSR count). The van der Waals surface area contributed by atoms with Crippen LogP contribution in [-0.4, -0.2) is 321 Å². The first kappa shape index (κ1) is 122. The van der Waals surface area contributed by atoms with Crippen molar-refractivity contribution in [3.8, 4) is 11.5 Å². The third-order valence-corrected chi connectivity index (χ3v) is 28.3. The molecule has 0 aromatic heterocycles. The van der Waals surface area contributed by atoms with Crippen molar-refractivity contribution in [2.75, 3.05) is 62.3 Å². The molecule has 0 saturated carbocycles. The molecule has 16 unspecified atom stereocenters. The van der Waals surface area contributed by atoms with E-state index in [2.05, 4.69) is 85.1 Å². The lowest BCUT2D eigenvalue weighted by atomic mass is 10.0. The zero-order chi connectivity index (χ0) is 110. The fraction of sp³-hybridized carbons (Fsp3) is 0.478. The average molecular weight is 2170 g/mol. The molecule has 0 spiro atoms. The Bertz CT molecular complexity index is 5130. The molecule has 4 aromatic rings. The molecule has 40 N–H and O–H groups in total. The molecule has 4 aromatic carbocycles. The maximum atomic E-state index is 15.7. The van der Waals surface area contributed by atoms with Crippen molar-refractivity contribution in [1.29, 1.82) is 10.8 Å². The zero-order valence-electron chi connectivity index (χ0n) is 81.6. The molecule has 0 bridgehead atoms. The smallest absolute Gasteiger partial charge is 0.246 e. The summed E-state index contributed by atoms with van der Waals surface area (Å²) >= 11 is 0. The van der Waals surface area contributed by atoms with Gasteiger partial charge in [0.2, 0.25) is 130 Å². The van der Waals surface area contributed by atoms with Crippen molar-refractivity contribution in [2.45, 2.75) is 212 Å². The fourth-order valence-electron chi connectivity index (χ4n) is 15.6. The monoisotopic (exact) mass is 2170 g/mol. The maximum absolute atomic E-state index is 15.7. The summed E-state index contributed by atoms with van der Waals surface area (Å²) in [5.41, 5.74) is 59.0. The number of hydrogen-bond acceptors (Lipinski definition) is 32. The van der Waals surface area contributed by atoms with Gasteiger partial charge in [-0.25, -0.2) is 0 Å². The molecular formula is C92H130N30O24S4. The second-order valence-electron chi connectivity index (χ2n) is 35.3. The number of aromatic hydroxyl groups is 2. The van der Waals surface area contributed by atoms with Gasteiger partial charge in [-0.1, -0.05) is 128 Å². The van der Waals surface area contributed by atoms with Gasteiger partial charge < -0.3 is 162 Å². The first-order valence-corrected chi connectivity index (χ1v) is 52.5. The normalized spacial score (nSPS) is 22.6. The van der Waals surface area contributed by atoms with Crippen molar-refractivity contribution in [1.82, 2.24) is 94.9 Å². The summed E-state index contributed by atoms with van der Waals surface area (Å²) in [6, 6.07) is -1.05. The van der Waals surface area contributed by atoms with E-state index in [4.69, 9.17) is 68.2 Å². The van der Waals surface area contributed by atoms with Gasteiger partial charge in [-0.2, -0.15) is 0 Å². The van der Waals surface area contributed by atoms with Gasteiger partial charge in [-0.05, 0) is 111 Å². The lowest BCUT2D eigenvalue weighted by Gasteiger charge is -2.31. The number of nitrogens with zero attached hydrogens (tertiary/aromatic N) is 2. The Morgan fingerprint density at radius 1 is 0.353 bits per heavy atom. The highest BCUT2D eigenvalue weighted by Gasteiger charge is 2.45. The van der Waals surface area contributed by atoms with Crippen LogP contribution in [-0.2, 0) is 131 Å². The number of likely N-dealkylation sites (tertiary alicyclic amines) is 2. The van der Waals surface area contributed by atoms with Gasteiger partial charge in [0.15, 0.2) is 11.9 Å². The number of phenols is 2. The molecule has 816 valence electrons. The van der Waals surface area contributed by atoms with E-state index in [0.717, 1.165) is 31.4 Å². The average Bonchev–Trinajstić information content (AvgIpc) is 1.65. The fourth-order valence-corrected chi connectivity index (χ4v) is 20.2. The molecule has 58 heteroatoms. The molecule has 54 nitrogen and oxygen atoms in total. The minimum Gasteiger partial charge on any atom is -0.508 e. The van der Waals surface area contributed by atoms with E-state index in [1.54, 1.807) is 60.7 Å². The van der Waals surface area contributed by atoms with Gasteiger partial charge in [0.05, 0.1) is 38.0 Å². The number of carbonyl (C=O) groups is 22. The topological polar surface area (TPSA) is 923 Å². The largest absolute Gasteiger partial charge is 0.508 e. The lowest BCUT2D eigenvalue weighted by molar-refractivity contribution is -0.142. The number of benzene rings is 4. The van der Waals surface area contributed by atoms with Gasteiger partial charge >= 0.3 is 0 Å². The van der Waals surface area contributed by atoms with Crippen molar-refractivity contribution in [3.63, 3.8) is 0 Å². The Balaban J connectivity index is 1.38. The van der Waals surface area contributed by atoms with Crippen molar-refractivity contribution < 1.29 is 116 Å². The van der Waals surface area contributed by atoms with Crippen LogP contribution in [0.5, 0.6) is 11.5 Å². The number of carbonyl (C=O) groups excluding carboxylic acids is 22. The minimum absolute atomic E-state index is 0.00535. The number of nitrogens with two attached hydrogens (primary N) is 10. The maximum Gasteiger partial charge on any atom is 0.246 e. The van der Waals surface area contributed by atoms with Crippen LogP contribution in [0.4, 0.5) is 0 Å². The summed E-state index contributed by atoms with van der Waals surface area (Å²) in [4.78, 5) is 316. The Kier molecular flexibility index (Phi) is 50.3. The van der Waals surface area contributed by atoms with E-state index in [9.17, 15) is 67.7 Å². The van der Waals surface area contributed by atoms with Crippen LogP contribution in [0.3, 0.4) is 0 Å². The lowest BCUT2D eigenvalue weighted by Crippen LogP contribution is -2.61. The first-order valence-electron chi connectivity index (χ1n) is 47.5. The number of phenolic OH excluding ortho intramolecular Hbond substituents is 2. The SMILES string of the molecule is N=C(N)NCCCC(NC(=O)C1CCCN1C(=O)C1CSSCC(C(=O)N2CCCC2C(=O)NC(CCCNC(=N)N)C(=O)NCC(N)=O)NC(=O)C(CC(N)=O)NC(=O)C(CCC(N)=O)NC(=O)C(Cc2ccccc2)NC(=O)C(Cc2ccc(O)cc2)NC(=O)C(N)CSSCC(N)C(=O)NC(Cc2ccc(O)cc2)C(=O)NC(Cc2ccccc2)C(=O)NC(CCC(N)=O)C(=O)NC(CC(N)=O)C(=O)N1)C(=O)NCC(N)=O. The molecule has 16 atom stereocenters. The van der Waals surface area contributed by atoms with Crippen molar-refractivity contribution in [3.05, 3.63) is 131 Å². The molecule has 150 heavy (non-hydrogen) atoms. The van der Waals surface area contributed by atoms with Crippen LogP contribution in [0.1, 0.15) is 112 Å². The van der Waals surface area contributed by atoms with Crippen LogP contribution < -0.4 is 142 Å². The van der Waals surface area contributed by atoms with Crippen molar-refractivity contribution in [2.24, 2.45) is 57.3 Å². The van der Waals surface area contributed by atoms with Crippen LogP contribution in [0, 0.1) is 10.8 Å². The molecule has 22 amide bonds. The van der Waals surface area contributed by atoms with Crippen LogP contribution in [0.25, 0.3) is 0 Å². The third-order valence-electron chi connectivity index (χ3n) is 23.4. The van der Waals surface area contributed by atoms with Crippen LogP contribution >= 0.6 is 43.2 Å². The summed E-state index contributed by atoms with van der Waals surface area (Å²) < 4.78 is 0. The number of nitrogens with one attached hydrogen (secondary N) is 18.